The van der Waals surface area contributed by atoms with Gasteiger partial charge in [-0.05, 0) is 31.9 Å². The molecule has 2 rings (SSSR count). The topological polar surface area (TPSA) is 45.2 Å². The van der Waals surface area contributed by atoms with Crippen LogP contribution in [0.15, 0.2) is 5.38 Å². The number of thioether (sulfide) groups is 1. The summed E-state index contributed by atoms with van der Waals surface area (Å²) in [5.74, 6) is 1.16. The zero-order chi connectivity index (χ0) is 15.2. The van der Waals surface area contributed by atoms with Gasteiger partial charge < -0.3 is 10.2 Å². The van der Waals surface area contributed by atoms with Gasteiger partial charge in [0.1, 0.15) is 0 Å². The van der Waals surface area contributed by atoms with Crippen molar-refractivity contribution in [2.45, 2.75) is 57.4 Å². The molecule has 4 nitrogen and oxygen atoms in total. The molecule has 21 heavy (non-hydrogen) atoms. The Morgan fingerprint density at radius 1 is 1.57 bits per heavy atom. The molecule has 1 aliphatic carbocycles. The number of carbonyl (C=O) groups excluding carboxylic acids is 1. The summed E-state index contributed by atoms with van der Waals surface area (Å²) in [5, 5.41) is 6.96. The molecule has 0 bridgehead atoms. The Labute approximate surface area is 135 Å². The van der Waals surface area contributed by atoms with Crippen LogP contribution < -0.4 is 5.32 Å². The zero-order valence-corrected chi connectivity index (χ0v) is 14.7. The van der Waals surface area contributed by atoms with Crippen LogP contribution in [-0.4, -0.2) is 40.0 Å². The van der Waals surface area contributed by atoms with Crippen molar-refractivity contribution >= 4 is 29.1 Å². The lowest BCUT2D eigenvalue weighted by atomic mass is 9.95. The van der Waals surface area contributed by atoms with E-state index in [9.17, 15) is 4.79 Å². The monoisotopic (exact) mass is 327 g/mol. The molecule has 1 aromatic rings. The second-order valence-corrected chi connectivity index (χ2v) is 8.24. The Bertz CT molecular complexity index is 462. The number of hydrogen-bond acceptors (Lipinski definition) is 4. The summed E-state index contributed by atoms with van der Waals surface area (Å²) in [7, 11) is 1.84. The minimum atomic E-state index is 0.0211. The van der Waals surface area contributed by atoms with Gasteiger partial charge in [-0.1, -0.05) is 13.3 Å². The third kappa shape index (κ3) is 5.18. The third-order valence-corrected chi connectivity index (χ3v) is 5.82. The van der Waals surface area contributed by atoms with E-state index in [1.807, 2.05) is 31.1 Å². The quantitative estimate of drug-likeness (QED) is 0.898. The molecule has 2 atom stereocenters. The smallest absolute Gasteiger partial charge is 0.317 e. The Morgan fingerprint density at radius 2 is 2.38 bits per heavy atom. The lowest BCUT2D eigenvalue weighted by molar-refractivity contribution is 0.198. The van der Waals surface area contributed by atoms with E-state index in [4.69, 9.17) is 0 Å². The summed E-state index contributed by atoms with van der Waals surface area (Å²) >= 11 is 3.65. The first-order valence-electron chi connectivity index (χ1n) is 7.62. The Morgan fingerprint density at radius 3 is 3.05 bits per heavy atom. The molecule has 0 saturated heterocycles. The van der Waals surface area contributed by atoms with Crippen LogP contribution in [0.25, 0.3) is 0 Å². The molecule has 1 saturated carbocycles. The van der Waals surface area contributed by atoms with Crippen molar-refractivity contribution in [2.75, 3.05) is 12.8 Å². The molecular formula is C15H25N3OS2. The molecule has 6 heteroatoms. The Balaban J connectivity index is 1.80. The third-order valence-electron chi connectivity index (χ3n) is 3.77. The van der Waals surface area contributed by atoms with Crippen molar-refractivity contribution in [1.29, 1.82) is 0 Å². The maximum atomic E-state index is 12.3. The second-order valence-electron chi connectivity index (χ2n) is 5.60. The van der Waals surface area contributed by atoms with Crippen molar-refractivity contribution in [1.82, 2.24) is 15.2 Å². The highest BCUT2D eigenvalue weighted by Crippen LogP contribution is 2.28. The van der Waals surface area contributed by atoms with Crippen LogP contribution in [0.1, 0.15) is 43.3 Å². The molecule has 2 amide bonds. The van der Waals surface area contributed by atoms with E-state index in [0.29, 0.717) is 17.8 Å². The molecule has 1 heterocycles. The number of thiazole rings is 1. The van der Waals surface area contributed by atoms with Crippen LogP contribution in [0.5, 0.6) is 0 Å². The molecular weight excluding hydrogens is 302 g/mol. The van der Waals surface area contributed by atoms with E-state index in [2.05, 4.69) is 17.2 Å². The van der Waals surface area contributed by atoms with Crippen molar-refractivity contribution in [3.8, 4) is 0 Å². The van der Waals surface area contributed by atoms with E-state index >= 15 is 0 Å². The van der Waals surface area contributed by atoms with E-state index in [1.165, 1.54) is 12.8 Å². The van der Waals surface area contributed by atoms with Crippen LogP contribution in [0.3, 0.4) is 0 Å². The number of aryl methyl sites for hydroxylation is 1. The highest BCUT2D eigenvalue weighted by molar-refractivity contribution is 7.99. The van der Waals surface area contributed by atoms with Crippen LogP contribution in [0, 0.1) is 6.92 Å². The molecule has 0 radical (unpaired) electrons. The van der Waals surface area contributed by atoms with Crippen LogP contribution in [0.4, 0.5) is 4.79 Å². The fraction of sp³-hybridized carbons (Fsp3) is 0.733. The number of urea groups is 1. The lowest BCUT2D eigenvalue weighted by Gasteiger charge is -2.30. The number of aromatic nitrogens is 1. The molecule has 0 spiro atoms. The molecule has 118 valence electrons. The first kappa shape index (κ1) is 16.6. The molecule has 1 aliphatic rings. The van der Waals surface area contributed by atoms with E-state index in [1.54, 1.807) is 16.2 Å². The number of hydrogen-bond donors (Lipinski definition) is 1. The van der Waals surface area contributed by atoms with Gasteiger partial charge in [-0.2, -0.15) is 11.8 Å². The first-order valence-corrected chi connectivity index (χ1v) is 9.55. The van der Waals surface area contributed by atoms with Crippen LogP contribution in [-0.2, 0) is 6.54 Å². The van der Waals surface area contributed by atoms with Crippen molar-refractivity contribution in [2.24, 2.45) is 0 Å². The standard InChI is InChI=1S/C15H25N3OS2/c1-4-20-14-7-5-6-12(8-14)17-15(19)18(3)9-13-10-21-11(2)16-13/h10,12,14H,4-9H2,1-3H3,(H,17,19). The SMILES string of the molecule is CCSC1CCCC(NC(=O)N(C)Cc2csc(C)n2)C1. The molecule has 0 aromatic carbocycles. The predicted molar refractivity (Wildman–Crippen MR) is 91.0 cm³/mol. The molecule has 0 aliphatic heterocycles. The van der Waals surface area contributed by atoms with Gasteiger partial charge in [0.25, 0.3) is 0 Å². The minimum absolute atomic E-state index is 0.0211. The van der Waals surface area contributed by atoms with Gasteiger partial charge in [0, 0.05) is 23.7 Å². The maximum absolute atomic E-state index is 12.3. The minimum Gasteiger partial charge on any atom is -0.335 e. The number of rotatable bonds is 5. The number of nitrogens with one attached hydrogen (secondary N) is 1. The highest BCUT2D eigenvalue weighted by Gasteiger charge is 2.24. The van der Waals surface area contributed by atoms with E-state index in [-0.39, 0.29) is 6.03 Å². The van der Waals surface area contributed by atoms with Crippen molar-refractivity contribution < 1.29 is 4.79 Å². The first-order chi connectivity index (χ1) is 10.1. The second kappa shape index (κ2) is 8.03. The summed E-state index contributed by atoms with van der Waals surface area (Å²) in [5.41, 5.74) is 0.971. The average Bonchev–Trinajstić information content (AvgIpc) is 2.85. The van der Waals surface area contributed by atoms with Gasteiger partial charge in [0.2, 0.25) is 0 Å². The fourth-order valence-corrected chi connectivity index (χ4v) is 4.52. The zero-order valence-electron chi connectivity index (χ0n) is 13.1. The van der Waals surface area contributed by atoms with Gasteiger partial charge in [0.05, 0.1) is 17.2 Å². The number of amides is 2. The average molecular weight is 328 g/mol. The van der Waals surface area contributed by atoms with Crippen LogP contribution >= 0.6 is 23.1 Å². The van der Waals surface area contributed by atoms with Gasteiger partial charge in [-0.25, -0.2) is 9.78 Å². The van der Waals surface area contributed by atoms with E-state index in [0.717, 1.165) is 29.3 Å². The van der Waals surface area contributed by atoms with Gasteiger partial charge in [0.15, 0.2) is 0 Å². The van der Waals surface area contributed by atoms with Gasteiger partial charge in [-0.15, -0.1) is 11.3 Å². The summed E-state index contributed by atoms with van der Waals surface area (Å²) < 4.78 is 0. The predicted octanol–water partition coefficient (Wildman–Crippen LogP) is 3.66. The summed E-state index contributed by atoms with van der Waals surface area (Å²) in [6.07, 6.45) is 4.72. The number of carbonyl (C=O) groups is 1. The van der Waals surface area contributed by atoms with Crippen molar-refractivity contribution in [3.05, 3.63) is 16.1 Å². The Kier molecular flexibility index (Phi) is 6.36. The molecule has 1 fully saturated rings. The maximum Gasteiger partial charge on any atom is 0.317 e. The summed E-state index contributed by atoms with van der Waals surface area (Å²) in [6, 6.07) is 0.350. The Hall–Kier alpha value is -0.750. The van der Waals surface area contributed by atoms with E-state index < -0.39 is 0 Å². The fourth-order valence-electron chi connectivity index (χ4n) is 2.74. The van der Waals surface area contributed by atoms with Gasteiger partial charge in [-0.3, -0.25) is 0 Å². The highest BCUT2D eigenvalue weighted by atomic mass is 32.2. The summed E-state index contributed by atoms with van der Waals surface area (Å²) in [4.78, 5) is 18.4. The normalized spacial score (nSPS) is 22.0. The molecule has 2 unspecified atom stereocenters. The molecule has 1 aromatic heterocycles. The van der Waals surface area contributed by atoms with Crippen molar-refractivity contribution in [3.63, 3.8) is 0 Å². The lowest BCUT2D eigenvalue weighted by Crippen LogP contribution is -2.45. The van der Waals surface area contributed by atoms with Gasteiger partial charge >= 0.3 is 6.03 Å². The van der Waals surface area contributed by atoms with Crippen LogP contribution in [0.2, 0.25) is 0 Å². The number of nitrogens with zero attached hydrogens (tertiary/aromatic N) is 2. The molecule has 1 N–H and O–H groups in total. The largest absolute Gasteiger partial charge is 0.335 e. The summed E-state index contributed by atoms with van der Waals surface area (Å²) in [6.45, 7) is 4.77.